The van der Waals surface area contributed by atoms with Gasteiger partial charge in [0.2, 0.25) is 5.95 Å². The van der Waals surface area contributed by atoms with Gasteiger partial charge in [0.15, 0.2) is 0 Å². The Bertz CT molecular complexity index is 945. The Morgan fingerprint density at radius 2 is 1.96 bits per heavy atom. The molecule has 7 nitrogen and oxygen atoms in total. The van der Waals surface area contributed by atoms with E-state index in [1.54, 1.807) is 23.9 Å². The highest BCUT2D eigenvalue weighted by Crippen LogP contribution is 2.35. The van der Waals surface area contributed by atoms with Crippen molar-refractivity contribution in [1.29, 1.82) is 0 Å². The summed E-state index contributed by atoms with van der Waals surface area (Å²) in [5.41, 5.74) is 3.29. The fourth-order valence-electron chi connectivity index (χ4n) is 3.64. The molecule has 0 amide bonds. The van der Waals surface area contributed by atoms with Gasteiger partial charge in [0.05, 0.1) is 22.8 Å². The number of halogens is 2. The van der Waals surface area contributed by atoms with E-state index in [1.165, 1.54) is 11.3 Å². The third-order valence-electron chi connectivity index (χ3n) is 5.09. The van der Waals surface area contributed by atoms with Crippen LogP contribution in [0.5, 0.6) is 5.75 Å². The van der Waals surface area contributed by atoms with Gasteiger partial charge >= 0.3 is 0 Å². The van der Waals surface area contributed by atoms with E-state index in [0.29, 0.717) is 33.3 Å². The fourth-order valence-corrected chi connectivity index (χ4v) is 4.18. The first-order valence-corrected chi connectivity index (χ1v) is 9.54. The average molecular weight is 407 g/mol. The lowest BCUT2D eigenvalue weighted by Gasteiger charge is -2.32. The van der Waals surface area contributed by atoms with E-state index in [4.69, 9.17) is 27.9 Å². The first-order chi connectivity index (χ1) is 13.1. The molecule has 0 bridgehead atoms. The highest BCUT2D eigenvalue weighted by atomic mass is 35.5. The van der Waals surface area contributed by atoms with Crippen molar-refractivity contribution in [2.75, 3.05) is 25.1 Å². The normalized spacial score (nSPS) is 15.3. The Morgan fingerprint density at radius 1 is 1.19 bits per heavy atom. The molecule has 3 heterocycles. The molecule has 142 valence electrons. The average Bonchev–Trinajstić information content (AvgIpc) is 3.31. The first kappa shape index (κ1) is 18.1. The number of tetrazole rings is 1. The third-order valence-corrected chi connectivity index (χ3v) is 5.68. The molecule has 1 fully saturated rings. The second kappa shape index (κ2) is 7.40. The predicted molar refractivity (Wildman–Crippen MR) is 105 cm³/mol. The maximum Gasteiger partial charge on any atom is 0.250 e. The van der Waals surface area contributed by atoms with Gasteiger partial charge < -0.3 is 14.6 Å². The number of aryl methyl sites for hydroxylation is 1. The number of hydrogen-bond donors (Lipinski definition) is 1. The van der Waals surface area contributed by atoms with Crippen LogP contribution < -0.4 is 9.64 Å². The number of ether oxygens (including phenoxy) is 1. The van der Waals surface area contributed by atoms with Crippen molar-refractivity contribution >= 4 is 29.2 Å². The number of hydrogen-bond acceptors (Lipinski definition) is 5. The third kappa shape index (κ3) is 3.37. The Kier molecular flexibility index (Phi) is 4.97. The lowest BCUT2D eigenvalue weighted by atomic mass is 9.92. The number of H-pyrrole nitrogens is 1. The Hall–Kier alpha value is -2.25. The highest BCUT2D eigenvalue weighted by Gasteiger charge is 2.26. The molecule has 0 radical (unpaired) electrons. The van der Waals surface area contributed by atoms with Crippen molar-refractivity contribution in [3.8, 4) is 11.4 Å². The van der Waals surface area contributed by atoms with Crippen LogP contribution in [-0.2, 0) is 0 Å². The molecule has 9 heteroatoms. The summed E-state index contributed by atoms with van der Waals surface area (Å²) in [7, 11) is 1.56. The molecule has 0 saturated carbocycles. The summed E-state index contributed by atoms with van der Waals surface area (Å²) >= 11 is 12.5. The van der Waals surface area contributed by atoms with E-state index >= 15 is 0 Å². The maximum atomic E-state index is 6.39. The molecule has 2 aromatic heterocycles. The molecule has 0 unspecified atom stereocenters. The number of nitrogens with one attached hydrogen (secondary N) is 1. The van der Waals surface area contributed by atoms with Gasteiger partial charge in [0, 0.05) is 37.0 Å². The number of aromatic nitrogens is 5. The van der Waals surface area contributed by atoms with Crippen molar-refractivity contribution in [3.63, 3.8) is 0 Å². The summed E-state index contributed by atoms with van der Waals surface area (Å²) in [6.45, 7) is 3.88. The van der Waals surface area contributed by atoms with E-state index in [2.05, 4.69) is 38.4 Å². The van der Waals surface area contributed by atoms with Gasteiger partial charge in [-0.1, -0.05) is 28.3 Å². The molecule has 1 N–H and O–H groups in total. The minimum absolute atomic E-state index is 0.447. The molecule has 0 aliphatic carbocycles. The SMILES string of the molecule is COc1cc(-n2nnnc2N2CCC(c3[nH]ccc3C)CC2)c(Cl)cc1Cl. The van der Waals surface area contributed by atoms with E-state index in [1.807, 2.05) is 6.20 Å². The largest absolute Gasteiger partial charge is 0.495 e. The summed E-state index contributed by atoms with van der Waals surface area (Å²) in [4.78, 5) is 5.57. The number of rotatable bonds is 4. The fraction of sp³-hybridized carbons (Fsp3) is 0.389. The Morgan fingerprint density at radius 3 is 2.63 bits per heavy atom. The van der Waals surface area contributed by atoms with Crippen molar-refractivity contribution in [2.45, 2.75) is 25.7 Å². The molecule has 1 aliphatic rings. The monoisotopic (exact) mass is 406 g/mol. The van der Waals surface area contributed by atoms with Gasteiger partial charge in [-0.05, 0) is 47.9 Å². The number of benzene rings is 1. The molecule has 0 spiro atoms. The Labute approximate surface area is 167 Å². The summed E-state index contributed by atoms with van der Waals surface area (Å²) in [6.07, 6.45) is 4.07. The van der Waals surface area contributed by atoms with Crippen molar-refractivity contribution < 1.29 is 4.74 Å². The van der Waals surface area contributed by atoms with Crippen LogP contribution >= 0.6 is 23.2 Å². The molecule has 1 saturated heterocycles. The summed E-state index contributed by atoms with van der Waals surface area (Å²) in [5, 5.41) is 13.1. The van der Waals surface area contributed by atoms with Gasteiger partial charge in [0.1, 0.15) is 5.75 Å². The van der Waals surface area contributed by atoms with Crippen LogP contribution in [0.4, 0.5) is 5.95 Å². The zero-order valence-corrected chi connectivity index (χ0v) is 16.6. The molecular formula is C18H20Cl2N6O. The number of piperidine rings is 1. The van der Waals surface area contributed by atoms with Gasteiger partial charge in [-0.15, -0.1) is 0 Å². The topological polar surface area (TPSA) is 71.9 Å². The summed E-state index contributed by atoms with van der Waals surface area (Å²) < 4.78 is 6.94. The smallest absolute Gasteiger partial charge is 0.250 e. The molecule has 27 heavy (non-hydrogen) atoms. The van der Waals surface area contributed by atoms with E-state index in [-0.39, 0.29) is 0 Å². The van der Waals surface area contributed by atoms with E-state index < -0.39 is 0 Å². The number of anilines is 1. The summed E-state index contributed by atoms with van der Waals surface area (Å²) in [5.74, 6) is 1.72. The minimum Gasteiger partial charge on any atom is -0.495 e. The lowest BCUT2D eigenvalue weighted by Crippen LogP contribution is -2.35. The van der Waals surface area contributed by atoms with Gasteiger partial charge in [-0.3, -0.25) is 0 Å². The van der Waals surface area contributed by atoms with Crippen LogP contribution in [-0.4, -0.2) is 45.4 Å². The second-order valence-electron chi connectivity index (χ2n) is 6.66. The van der Waals surface area contributed by atoms with Gasteiger partial charge in [-0.2, -0.15) is 4.68 Å². The van der Waals surface area contributed by atoms with Gasteiger partial charge in [0.25, 0.3) is 0 Å². The molecule has 1 aromatic carbocycles. The van der Waals surface area contributed by atoms with Crippen molar-refractivity contribution in [1.82, 2.24) is 25.2 Å². The van der Waals surface area contributed by atoms with Crippen LogP contribution in [0.15, 0.2) is 24.4 Å². The highest BCUT2D eigenvalue weighted by molar-refractivity contribution is 6.36. The van der Waals surface area contributed by atoms with Crippen LogP contribution in [0.2, 0.25) is 10.0 Å². The zero-order chi connectivity index (χ0) is 19.0. The molecular weight excluding hydrogens is 387 g/mol. The van der Waals surface area contributed by atoms with E-state index in [9.17, 15) is 0 Å². The molecule has 4 rings (SSSR count). The molecule has 3 aromatic rings. The van der Waals surface area contributed by atoms with Gasteiger partial charge in [-0.25, -0.2) is 0 Å². The van der Waals surface area contributed by atoms with Crippen LogP contribution in [0.1, 0.15) is 30.0 Å². The molecule has 0 atom stereocenters. The molecule has 1 aliphatic heterocycles. The lowest BCUT2D eigenvalue weighted by molar-refractivity contribution is 0.414. The Balaban J connectivity index is 1.58. The first-order valence-electron chi connectivity index (χ1n) is 8.79. The second-order valence-corrected chi connectivity index (χ2v) is 7.48. The number of methoxy groups -OCH3 is 1. The quantitative estimate of drug-likeness (QED) is 0.708. The standard InChI is InChI=1S/C18H20Cl2N6O/c1-11-3-6-21-17(11)12-4-7-25(8-5-12)18-22-23-24-26(18)15-10-16(27-2)14(20)9-13(15)19/h3,6,9-10,12,21H,4-5,7-8H2,1-2H3. The summed E-state index contributed by atoms with van der Waals surface area (Å²) in [6, 6.07) is 5.51. The van der Waals surface area contributed by atoms with Crippen molar-refractivity contribution in [2.24, 2.45) is 0 Å². The van der Waals surface area contributed by atoms with Crippen molar-refractivity contribution in [3.05, 3.63) is 45.7 Å². The van der Waals surface area contributed by atoms with Crippen LogP contribution in [0.3, 0.4) is 0 Å². The zero-order valence-electron chi connectivity index (χ0n) is 15.1. The maximum absolute atomic E-state index is 6.39. The predicted octanol–water partition coefficient (Wildman–Crippen LogP) is 4.00. The minimum atomic E-state index is 0.447. The number of aromatic amines is 1. The van der Waals surface area contributed by atoms with Crippen LogP contribution in [0.25, 0.3) is 5.69 Å². The number of nitrogens with zero attached hydrogens (tertiary/aromatic N) is 5. The van der Waals surface area contributed by atoms with E-state index in [0.717, 1.165) is 25.9 Å². The van der Waals surface area contributed by atoms with Crippen LogP contribution in [0, 0.1) is 6.92 Å².